The van der Waals surface area contributed by atoms with Crippen LogP contribution in [0.4, 0.5) is 11.4 Å². The van der Waals surface area contributed by atoms with E-state index >= 15 is 0 Å². The van der Waals surface area contributed by atoms with Crippen LogP contribution >= 0.6 is 11.8 Å². The molecule has 0 N–H and O–H groups in total. The smallest absolute Gasteiger partial charge is 0.269 e. The first kappa shape index (κ1) is 21.3. The van der Waals surface area contributed by atoms with Gasteiger partial charge in [0.05, 0.1) is 15.5 Å². The molecule has 0 unspecified atom stereocenters. The second-order valence-electron chi connectivity index (χ2n) is 7.12. The van der Waals surface area contributed by atoms with E-state index in [1.54, 1.807) is 23.1 Å². The standard InChI is InChI=1S/C24H20N4O3S/c1-3-14-27-23(29)22(32-24(27)25-18-8-6-17(2)7-9-18)16-21-5-4-15-26(21)19-10-12-20(13-11-19)28(30)31/h3-13,15-16H,1,14H2,2H3. The molecule has 4 rings (SSSR count). The van der Waals surface area contributed by atoms with Gasteiger partial charge in [-0.3, -0.25) is 19.8 Å². The lowest BCUT2D eigenvalue weighted by molar-refractivity contribution is -0.384. The maximum Gasteiger partial charge on any atom is 0.269 e. The monoisotopic (exact) mass is 444 g/mol. The van der Waals surface area contributed by atoms with Crippen molar-refractivity contribution in [2.24, 2.45) is 4.99 Å². The number of carbonyl (C=O) groups excluding carboxylic acids is 1. The number of hydrogen-bond donors (Lipinski definition) is 0. The third kappa shape index (κ3) is 4.40. The molecule has 3 aromatic rings. The molecule has 0 aliphatic carbocycles. The minimum absolute atomic E-state index is 0.0272. The third-order valence-electron chi connectivity index (χ3n) is 4.86. The van der Waals surface area contributed by atoms with Crippen molar-refractivity contribution >= 4 is 40.3 Å². The lowest BCUT2D eigenvalue weighted by atomic mass is 10.2. The lowest BCUT2D eigenvalue weighted by Gasteiger charge is -2.12. The van der Waals surface area contributed by atoms with Crippen LogP contribution in [-0.2, 0) is 4.79 Å². The van der Waals surface area contributed by atoms with Gasteiger partial charge in [0.2, 0.25) is 0 Å². The number of aromatic nitrogens is 1. The van der Waals surface area contributed by atoms with Gasteiger partial charge in [0.25, 0.3) is 11.6 Å². The third-order valence-corrected chi connectivity index (χ3v) is 5.86. The molecule has 1 saturated heterocycles. The minimum Gasteiger partial charge on any atom is -0.317 e. The van der Waals surface area contributed by atoms with E-state index in [4.69, 9.17) is 0 Å². The Morgan fingerprint density at radius 2 is 1.84 bits per heavy atom. The van der Waals surface area contributed by atoms with Gasteiger partial charge in [-0.1, -0.05) is 23.8 Å². The van der Waals surface area contributed by atoms with E-state index in [0.717, 1.165) is 22.6 Å². The summed E-state index contributed by atoms with van der Waals surface area (Å²) in [5.74, 6) is -0.141. The van der Waals surface area contributed by atoms with Gasteiger partial charge < -0.3 is 4.57 Å². The van der Waals surface area contributed by atoms with Gasteiger partial charge in [-0.05, 0) is 61.2 Å². The van der Waals surface area contributed by atoms with Crippen LogP contribution in [0.2, 0.25) is 0 Å². The number of rotatable bonds is 6. The number of nitro groups is 1. The van der Waals surface area contributed by atoms with Gasteiger partial charge in [0.1, 0.15) is 0 Å². The second kappa shape index (κ2) is 9.07. The molecule has 0 atom stereocenters. The average Bonchev–Trinajstić information content (AvgIpc) is 3.36. The van der Waals surface area contributed by atoms with Gasteiger partial charge in [-0.15, -0.1) is 6.58 Å². The van der Waals surface area contributed by atoms with Crippen LogP contribution in [0.1, 0.15) is 11.3 Å². The Labute approximate surface area is 189 Å². The highest BCUT2D eigenvalue weighted by molar-refractivity contribution is 8.18. The number of hydrogen-bond acceptors (Lipinski definition) is 5. The highest BCUT2D eigenvalue weighted by Crippen LogP contribution is 2.34. The van der Waals surface area contributed by atoms with Crippen LogP contribution < -0.4 is 0 Å². The molecule has 2 aromatic carbocycles. The number of amidine groups is 1. The van der Waals surface area contributed by atoms with Gasteiger partial charge in [0, 0.05) is 36.3 Å². The summed E-state index contributed by atoms with van der Waals surface area (Å²) >= 11 is 1.31. The fraction of sp³-hybridized carbons (Fsp3) is 0.0833. The quantitative estimate of drug-likeness (QED) is 0.218. The Morgan fingerprint density at radius 1 is 1.12 bits per heavy atom. The topological polar surface area (TPSA) is 80.7 Å². The maximum absolute atomic E-state index is 13.1. The lowest BCUT2D eigenvalue weighted by Crippen LogP contribution is -2.29. The van der Waals surface area contributed by atoms with Crippen molar-refractivity contribution < 1.29 is 9.72 Å². The van der Waals surface area contributed by atoms with Crippen molar-refractivity contribution in [2.75, 3.05) is 6.54 Å². The van der Waals surface area contributed by atoms with Crippen LogP contribution in [-0.4, -0.2) is 32.0 Å². The molecule has 1 aromatic heterocycles. The zero-order valence-electron chi connectivity index (χ0n) is 17.3. The summed E-state index contributed by atoms with van der Waals surface area (Å²) < 4.78 is 1.87. The largest absolute Gasteiger partial charge is 0.317 e. The molecule has 1 fully saturated rings. The predicted molar refractivity (Wildman–Crippen MR) is 128 cm³/mol. The first-order valence-corrected chi connectivity index (χ1v) is 10.7. The fourth-order valence-electron chi connectivity index (χ4n) is 3.23. The number of nitro benzene ring substituents is 1. The Balaban J connectivity index is 1.67. The molecule has 7 nitrogen and oxygen atoms in total. The average molecular weight is 445 g/mol. The van der Waals surface area contributed by atoms with E-state index in [0.29, 0.717) is 16.6 Å². The second-order valence-corrected chi connectivity index (χ2v) is 8.13. The normalized spacial score (nSPS) is 16.2. The van der Waals surface area contributed by atoms with Crippen molar-refractivity contribution in [1.82, 2.24) is 9.47 Å². The van der Waals surface area contributed by atoms with Crippen LogP contribution in [0.25, 0.3) is 11.8 Å². The van der Waals surface area contributed by atoms with Gasteiger partial charge in [0.15, 0.2) is 5.17 Å². The van der Waals surface area contributed by atoms with Crippen molar-refractivity contribution in [3.8, 4) is 5.69 Å². The van der Waals surface area contributed by atoms with Crippen LogP contribution in [0, 0.1) is 17.0 Å². The molecule has 2 heterocycles. The Bertz CT molecular complexity index is 1240. The van der Waals surface area contributed by atoms with Crippen LogP contribution in [0.3, 0.4) is 0 Å². The summed E-state index contributed by atoms with van der Waals surface area (Å²) in [4.78, 5) is 30.4. The number of carbonyl (C=O) groups is 1. The Hall–Kier alpha value is -3.91. The van der Waals surface area contributed by atoms with Crippen molar-refractivity contribution in [2.45, 2.75) is 6.92 Å². The van der Waals surface area contributed by atoms with Crippen molar-refractivity contribution in [3.05, 3.63) is 106 Å². The summed E-state index contributed by atoms with van der Waals surface area (Å²) in [5, 5.41) is 11.5. The number of aliphatic imine (C=N–C) groups is 1. The van der Waals surface area contributed by atoms with Crippen LogP contribution in [0.5, 0.6) is 0 Å². The van der Waals surface area contributed by atoms with Crippen molar-refractivity contribution in [1.29, 1.82) is 0 Å². The summed E-state index contributed by atoms with van der Waals surface area (Å²) in [6, 6.07) is 17.8. The predicted octanol–water partition coefficient (Wildman–Crippen LogP) is 5.48. The number of benzene rings is 2. The first-order chi connectivity index (χ1) is 15.5. The number of amides is 1. The van der Waals surface area contributed by atoms with Crippen LogP contribution in [0.15, 0.2) is 89.4 Å². The Morgan fingerprint density at radius 3 is 2.50 bits per heavy atom. The van der Waals surface area contributed by atoms with Crippen molar-refractivity contribution in [3.63, 3.8) is 0 Å². The molecule has 0 spiro atoms. The molecule has 0 saturated carbocycles. The Kier molecular flexibility index (Phi) is 6.04. The molecule has 1 amide bonds. The molecule has 0 radical (unpaired) electrons. The molecular formula is C24H20N4O3S. The zero-order valence-corrected chi connectivity index (χ0v) is 18.2. The summed E-state index contributed by atoms with van der Waals surface area (Å²) in [6.07, 6.45) is 5.33. The van der Waals surface area contributed by atoms with Gasteiger partial charge in [-0.25, -0.2) is 4.99 Å². The van der Waals surface area contributed by atoms with E-state index in [1.807, 2.05) is 60.2 Å². The van der Waals surface area contributed by atoms with E-state index in [2.05, 4.69) is 11.6 Å². The van der Waals surface area contributed by atoms with E-state index in [9.17, 15) is 14.9 Å². The minimum atomic E-state index is -0.431. The van der Waals surface area contributed by atoms with Gasteiger partial charge in [-0.2, -0.15) is 0 Å². The summed E-state index contributed by atoms with van der Waals surface area (Å²) in [7, 11) is 0. The molecule has 0 bridgehead atoms. The highest BCUT2D eigenvalue weighted by Gasteiger charge is 2.32. The molecule has 1 aliphatic rings. The number of aryl methyl sites for hydroxylation is 1. The van der Waals surface area contributed by atoms with E-state index in [1.165, 1.54) is 23.9 Å². The molecular weight excluding hydrogens is 424 g/mol. The number of non-ortho nitro benzene ring substituents is 1. The molecule has 160 valence electrons. The SMILES string of the molecule is C=CCN1C(=O)C(=Cc2cccn2-c2ccc([N+](=O)[O-])cc2)SC1=Nc1ccc(C)cc1. The summed E-state index contributed by atoms with van der Waals surface area (Å²) in [5.41, 5.74) is 3.48. The number of thioether (sulfide) groups is 1. The van der Waals surface area contributed by atoms with Gasteiger partial charge >= 0.3 is 0 Å². The van der Waals surface area contributed by atoms with E-state index < -0.39 is 4.92 Å². The number of nitrogens with zero attached hydrogens (tertiary/aromatic N) is 4. The highest BCUT2D eigenvalue weighted by atomic mass is 32.2. The molecule has 1 aliphatic heterocycles. The van der Waals surface area contributed by atoms with E-state index in [-0.39, 0.29) is 11.6 Å². The molecule has 32 heavy (non-hydrogen) atoms. The first-order valence-electron chi connectivity index (χ1n) is 9.86. The summed E-state index contributed by atoms with van der Waals surface area (Å²) in [6.45, 7) is 6.12. The molecule has 8 heteroatoms. The maximum atomic E-state index is 13.1. The fourth-order valence-corrected chi connectivity index (χ4v) is 4.22. The zero-order chi connectivity index (χ0) is 22.7.